The van der Waals surface area contributed by atoms with Crippen LogP contribution < -0.4 is 5.32 Å². The third-order valence-electron chi connectivity index (χ3n) is 3.14. The fourth-order valence-corrected chi connectivity index (χ4v) is 2.68. The Morgan fingerprint density at radius 1 is 1.18 bits per heavy atom. The van der Waals surface area contributed by atoms with E-state index in [1.165, 1.54) is 18.2 Å². The minimum atomic E-state index is -0.429. The molecular weight excluding hydrogens is 299 g/mol. The van der Waals surface area contributed by atoms with Crippen LogP contribution in [0.1, 0.15) is 15.4 Å². The SMILES string of the molecule is Cc1nc(-c2ccc(NC(=O)c3cccc(F)c3)cc2)cs1. The van der Waals surface area contributed by atoms with Gasteiger partial charge in [-0.3, -0.25) is 4.79 Å². The van der Waals surface area contributed by atoms with Crippen molar-refractivity contribution in [2.45, 2.75) is 6.92 Å². The Morgan fingerprint density at radius 3 is 2.59 bits per heavy atom. The predicted molar refractivity (Wildman–Crippen MR) is 86.6 cm³/mol. The third kappa shape index (κ3) is 3.20. The molecule has 22 heavy (non-hydrogen) atoms. The quantitative estimate of drug-likeness (QED) is 0.773. The van der Waals surface area contributed by atoms with E-state index in [1.807, 2.05) is 24.4 Å². The van der Waals surface area contributed by atoms with E-state index in [4.69, 9.17) is 0 Å². The first kappa shape index (κ1) is 14.4. The van der Waals surface area contributed by atoms with Gasteiger partial charge in [0.2, 0.25) is 0 Å². The van der Waals surface area contributed by atoms with E-state index in [9.17, 15) is 9.18 Å². The van der Waals surface area contributed by atoms with Crippen LogP contribution in [0.3, 0.4) is 0 Å². The van der Waals surface area contributed by atoms with Crippen LogP contribution in [0.2, 0.25) is 0 Å². The van der Waals surface area contributed by atoms with Crippen LogP contribution in [0, 0.1) is 12.7 Å². The first-order chi connectivity index (χ1) is 10.6. The van der Waals surface area contributed by atoms with E-state index >= 15 is 0 Å². The molecule has 2 aromatic carbocycles. The van der Waals surface area contributed by atoms with Crippen molar-refractivity contribution >= 4 is 22.9 Å². The molecule has 3 rings (SSSR count). The summed E-state index contributed by atoms with van der Waals surface area (Å²) in [6, 6.07) is 13.0. The predicted octanol–water partition coefficient (Wildman–Crippen LogP) is 4.51. The molecule has 0 bridgehead atoms. The van der Waals surface area contributed by atoms with Gasteiger partial charge in [-0.2, -0.15) is 0 Å². The zero-order valence-electron chi connectivity index (χ0n) is 11.8. The van der Waals surface area contributed by atoms with Crippen LogP contribution in [0.4, 0.5) is 10.1 Å². The number of carbonyl (C=O) groups excluding carboxylic acids is 1. The molecule has 1 N–H and O–H groups in total. The smallest absolute Gasteiger partial charge is 0.255 e. The van der Waals surface area contributed by atoms with Crippen molar-refractivity contribution < 1.29 is 9.18 Å². The van der Waals surface area contributed by atoms with E-state index < -0.39 is 5.82 Å². The Balaban J connectivity index is 1.75. The molecule has 0 fully saturated rings. The summed E-state index contributed by atoms with van der Waals surface area (Å²) in [5.41, 5.74) is 2.86. The summed E-state index contributed by atoms with van der Waals surface area (Å²) in [5.74, 6) is -0.765. The molecule has 0 radical (unpaired) electrons. The lowest BCUT2D eigenvalue weighted by molar-refractivity contribution is 0.102. The lowest BCUT2D eigenvalue weighted by Gasteiger charge is -2.06. The second-order valence-corrected chi connectivity index (χ2v) is 5.86. The molecular formula is C17H13FN2OS. The minimum Gasteiger partial charge on any atom is -0.322 e. The van der Waals surface area contributed by atoms with Gasteiger partial charge < -0.3 is 5.32 Å². The standard InChI is InChI=1S/C17H13FN2OS/c1-11-19-16(10-22-11)12-5-7-15(8-6-12)20-17(21)13-3-2-4-14(18)9-13/h2-10H,1H3,(H,20,21). The number of carbonyl (C=O) groups is 1. The summed E-state index contributed by atoms with van der Waals surface area (Å²) in [7, 11) is 0. The number of benzene rings is 2. The molecule has 0 aliphatic rings. The highest BCUT2D eigenvalue weighted by atomic mass is 32.1. The van der Waals surface area contributed by atoms with Crippen molar-refractivity contribution in [3.8, 4) is 11.3 Å². The lowest BCUT2D eigenvalue weighted by atomic mass is 10.1. The van der Waals surface area contributed by atoms with Gasteiger partial charge in [0.15, 0.2) is 0 Å². The van der Waals surface area contributed by atoms with E-state index in [0.29, 0.717) is 11.3 Å². The van der Waals surface area contributed by atoms with Gasteiger partial charge in [-0.25, -0.2) is 9.37 Å². The Kier molecular flexibility index (Phi) is 3.98. The van der Waals surface area contributed by atoms with Crippen LogP contribution in [-0.4, -0.2) is 10.9 Å². The molecule has 0 aliphatic heterocycles. The van der Waals surface area contributed by atoms with Crippen molar-refractivity contribution in [3.05, 3.63) is 70.3 Å². The van der Waals surface area contributed by atoms with Crippen molar-refractivity contribution in [1.82, 2.24) is 4.98 Å². The number of aromatic nitrogens is 1. The van der Waals surface area contributed by atoms with Crippen molar-refractivity contribution in [3.63, 3.8) is 0 Å². The first-order valence-electron chi connectivity index (χ1n) is 6.71. The van der Waals surface area contributed by atoms with Crippen LogP contribution in [0.15, 0.2) is 53.9 Å². The van der Waals surface area contributed by atoms with Gasteiger partial charge in [0, 0.05) is 22.2 Å². The van der Waals surface area contributed by atoms with Crippen LogP contribution >= 0.6 is 11.3 Å². The van der Waals surface area contributed by atoms with Crippen LogP contribution in [0.5, 0.6) is 0 Å². The molecule has 3 nitrogen and oxygen atoms in total. The number of nitrogens with one attached hydrogen (secondary N) is 1. The van der Waals surface area contributed by atoms with Gasteiger partial charge in [-0.1, -0.05) is 18.2 Å². The number of thiazole rings is 1. The van der Waals surface area contributed by atoms with Crippen LogP contribution in [0.25, 0.3) is 11.3 Å². The van der Waals surface area contributed by atoms with E-state index in [-0.39, 0.29) is 5.91 Å². The molecule has 110 valence electrons. The average Bonchev–Trinajstić information content (AvgIpc) is 2.94. The lowest BCUT2D eigenvalue weighted by Crippen LogP contribution is -2.11. The van der Waals surface area contributed by atoms with Gasteiger partial charge in [-0.05, 0) is 37.3 Å². The minimum absolute atomic E-state index is 0.291. The second kappa shape index (κ2) is 6.07. The van der Waals surface area contributed by atoms with Crippen molar-refractivity contribution in [2.75, 3.05) is 5.32 Å². The monoisotopic (exact) mass is 312 g/mol. The fourth-order valence-electron chi connectivity index (χ4n) is 2.05. The molecule has 0 aliphatic carbocycles. The normalized spacial score (nSPS) is 10.5. The van der Waals surface area contributed by atoms with Gasteiger partial charge in [0.25, 0.3) is 5.91 Å². The Bertz CT molecular complexity index is 812. The highest BCUT2D eigenvalue weighted by molar-refractivity contribution is 7.09. The maximum absolute atomic E-state index is 13.1. The topological polar surface area (TPSA) is 42.0 Å². The molecule has 0 saturated carbocycles. The summed E-state index contributed by atoms with van der Waals surface area (Å²) in [6.45, 7) is 1.96. The summed E-state index contributed by atoms with van der Waals surface area (Å²) in [6.07, 6.45) is 0. The summed E-state index contributed by atoms with van der Waals surface area (Å²) in [5, 5.41) is 5.75. The molecule has 0 unspecified atom stereocenters. The zero-order valence-corrected chi connectivity index (χ0v) is 12.7. The Hall–Kier alpha value is -2.53. The summed E-state index contributed by atoms with van der Waals surface area (Å²) in [4.78, 5) is 16.5. The number of hydrogen-bond acceptors (Lipinski definition) is 3. The number of nitrogens with zero attached hydrogens (tertiary/aromatic N) is 1. The Labute approximate surface area is 131 Å². The highest BCUT2D eigenvalue weighted by Crippen LogP contribution is 2.23. The first-order valence-corrected chi connectivity index (χ1v) is 7.59. The number of aryl methyl sites for hydroxylation is 1. The zero-order chi connectivity index (χ0) is 15.5. The highest BCUT2D eigenvalue weighted by Gasteiger charge is 2.07. The second-order valence-electron chi connectivity index (χ2n) is 4.79. The molecule has 3 aromatic rings. The summed E-state index contributed by atoms with van der Waals surface area (Å²) >= 11 is 1.60. The Morgan fingerprint density at radius 2 is 1.95 bits per heavy atom. The number of rotatable bonds is 3. The number of halogens is 1. The fraction of sp³-hybridized carbons (Fsp3) is 0.0588. The molecule has 0 atom stereocenters. The average molecular weight is 312 g/mol. The molecule has 1 aromatic heterocycles. The van der Waals surface area contributed by atoms with Gasteiger partial charge >= 0.3 is 0 Å². The van der Waals surface area contributed by atoms with E-state index in [2.05, 4.69) is 10.3 Å². The van der Waals surface area contributed by atoms with Crippen LogP contribution in [-0.2, 0) is 0 Å². The largest absolute Gasteiger partial charge is 0.322 e. The maximum Gasteiger partial charge on any atom is 0.255 e. The summed E-state index contributed by atoms with van der Waals surface area (Å²) < 4.78 is 13.1. The number of anilines is 1. The van der Waals surface area contributed by atoms with E-state index in [1.54, 1.807) is 29.5 Å². The third-order valence-corrected chi connectivity index (χ3v) is 3.92. The molecule has 0 spiro atoms. The van der Waals surface area contributed by atoms with Gasteiger partial charge in [-0.15, -0.1) is 11.3 Å². The number of amides is 1. The maximum atomic E-state index is 13.1. The van der Waals surface area contributed by atoms with Gasteiger partial charge in [0.1, 0.15) is 5.82 Å². The molecule has 5 heteroatoms. The van der Waals surface area contributed by atoms with Crippen molar-refractivity contribution in [1.29, 1.82) is 0 Å². The van der Waals surface area contributed by atoms with Gasteiger partial charge in [0.05, 0.1) is 10.7 Å². The molecule has 1 amide bonds. The molecule has 0 saturated heterocycles. The molecule has 1 heterocycles. The number of hydrogen-bond donors (Lipinski definition) is 1. The van der Waals surface area contributed by atoms with E-state index in [0.717, 1.165) is 16.3 Å². The van der Waals surface area contributed by atoms with Crippen molar-refractivity contribution in [2.24, 2.45) is 0 Å².